The van der Waals surface area contributed by atoms with E-state index >= 15 is 0 Å². The van der Waals surface area contributed by atoms with Gasteiger partial charge in [-0.3, -0.25) is 4.79 Å². The van der Waals surface area contributed by atoms with Crippen molar-refractivity contribution in [3.63, 3.8) is 0 Å². The molecule has 0 radical (unpaired) electrons. The molecule has 22 heavy (non-hydrogen) atoms. The van der Waals surface area contributed by atoms with Crippen molar-refractivity contribution in [3.05, 3.63) is 47.0 Å². The zero-order valence-corrected chi connectivity index (χ0v) is 12.8. The molecule has 1 aromatic carbocycles. The summed E-state index contributed by atoms with van der Waals surface area (Å²) in [5.41, 5.74) is 1.05. The quantitative estimate of drug-likeness (QED) is 0.649. The molecule has 0 bridgehead atoms. The Morgan fingerprint density at radius 2 is 2.00 bits per heavy atom. The molecule has 120 valence electrons. The van der Waals surface area contributed by atoms with Gasteiger partial charge in [0.2, 0.25) is 5.91 Å². The molecule has 1 aromatic rings. The van der Waals surface area contributed by atoms with Crippen molar-refractivity contribution >= 4 is 11.9 Å². The molecular weight excluding hydrogens is 292 g/mol. The van der Waals surface area contributed by atoms with Gasteiger partial charge in [0.25, 0.3) is 0 Å². The summed E-state index contributed by atoms with van der Waals surface area (Å²) in [5.74, 6) is -2.62. The van der Waals surface area contributed by atoms with Crippen molar-refractivity contribution < 1.29 is 23.1 Å². The molecule has 0 saturated carbocycles. The molecule has 1 rings (SSSR count). The maximum absolute atomic E-state index is 13.5. The van der Waals surface area contributed by atoms with Crippen molar-refractivity contribution in [3.8, 4) is 0 Å². The lowest BCUT2D eigenvalue weighted by molar-refractivity contribution is -0.144. The highest BCUT2D eigenvalue weighted by molar-refractivity contribution is 5.85. The second-order valence-electron chi connectivity index (χ2n) is 5.07. The van der Waals surface area contributed by atoms with E-state index in [1.54, 1.807) is 6.08 Å². The van der Waals surface area contributed by atoms with Crippen LogP contribution in [0.4, 0.5) is 8.78 Å². The Balaban J connectivity index is 2.74. The van der Waals surface area contributed by atoms with Gasteiger partial charge in [-0.25, -0.2) is 13.6 Å². The molecule has 0 aliphatic heterocycles. The Labute approximate surface area is 128 Å². The van der Waals surface area contributed by atoms with Crippen LogP contribution in [0.5, 0.6) is 0 Å². The number of ether oxygens (including phenoxy) is 1. The lowest BCUT2D eigenvalue weighted by Gasteiger charge is -2.15. The summed E-state index contributed by atoms with van der Waals surface area (Å²) < 4.78 is 30.9. The molecule has 0 aliphatic rings. The summed E-state index contributed by atoms with van der Waals surface area (Å²) in [6.07, 6.45) is 1.79. The first-order valence-electron chi connectivity index (χ1n) is 6.78. The predicted octanol–water partition coefficient (Wildman–Crippen LogP) is 2.52. The van der Waals surface area contributed by atoms with Crippen molar-refractivity contribution in [2.24, 2.45) is 0 Å². The first-order chi connectivity index (χ1) is 10.3. The van der Waals surface area contributed by atoms with E-state index in [2.05, 4.69) is 10.1 Å². The van der Waals surface area contributed by atoms with E-state index in [9.17, 15) is 18.4 Å². The summed E-state index contributed by atoms with van der Waals surface area (Å²) in [5, 5.41) is 2.49. The highest BCUT2D eigenvalue weighted by Crippen LogP contribution is 2.10. The van der Waals surface area contributed by atoms with Crippen LogP contribution in [0.3, 0.4) is 0 Å². The van der Waals surface area contributed by atoms with E-state index in [1.165, 1.54) is 13.2 Å². The van der Waals surface area contributed by atoms with Gasteiger partial charge in [0.05, 0.1) is 13.5 Å². The highest BCUT2D eigenvalue weighted by atomic mass is 19.1. The maximum atomic E-state index is 13.5. The number of esters is 1. The summed E-state index contributed by atoms with van der Waals surface area (Å²) in [6, 6.07) is 2.15. The molecule has 0 unspecified atom stereocenters. The van der Waals surface area contributed by atoms with Crippen LogP contribution >= 0.6 is 0 Å². The molecule has 0 spiro atoms. The number of carbonyl (C=O) groups excluding carboxylic acids is 2. The fraction of sp³-hybridized carbons (Fsp3) is 0.375. The van der Waals surface area contributed by atoms with Gasteiger partial charge in [0.1, 0.15) is 17.7 Å². The molecule has 6 heteroatoms. The SMILES string of the molecule is COC(=O)[C@H](CC=C(C)C)NC(=O)Cc1ccc(F)cc1F. The highest BCUT2D eigenvalue weighted by Gasteiger charge is 2.21. The number of hydrogen-bond donors (Lipinski definition) is 1. The Morgan fingerprint density at radius 1 is 1.32 bits per heavy atom. The molecular formula is C16H19F2NO3. The van der Waals surface area contributed by atoms with Crippen LogP contribution in [0.1, 0.15) is 25.8 Å². The third-order valence-corrected chi connectivity index (χ3v) is 2.95. The number of amides is 1. The van der Waals surface area contributed by atoms with E-state index in [1.807, 2.05) is 13.8 Å². The van der Waals surface area contributed by atoms with Gasteiger partial charge in [-0.15, -0.1) is 0 Å². The van der Waals surface area contributed by atoms with Crippen molar-refractivity contribution in [2.75, 3.05) is 7.11 Å². The average molecular weight is 311 g/mol. The third kappa shape index (κ3) is 5.63. The second-order valence-corrected chi connectivity index (χ2v) is 5.07. The lowest BCUT2D eigenvalue weighted by Crippen LogP contribution is -2.42. The van der Waals surface area contributed by atoms with E-state index in [0.717, 1.165) is 11.6 Å². The Bertz CT molecular complexity index is 581. The Kier molecular flexibility index (Phi) is 6.69. The molecule has 0 saturated heterocycles. The van der Waals surface area contributed by atoms with Crippen LogP contribution in [0.15, 0.2) is 29.8 Å². The van der Waals surface area contributed by atoms with Gasteiger partial charge in [-0.05, 0) is 31.9 Å². The summed E-state index contributed by atoms with van der Waals surface area (Å²) in [6.45, 7) is 3.73. The molecule has 1 atom stereocenters. The molecule has 4 nitrogen and oxygen atoms in total. The number of nitrogens with one attached hydrogen (secondary N) is 1. The zero-order chi connectivity index (χ0) is 16.7. The van der Waals surface area contributed by atoms with Gasteiger partial charge in [0, 0.05) is 6.07 Å². The van der Waals surface area contributed by atoms with Gasteiger partial charge in [-0.2, -0.15) is 0 Å². The summed E-state index contributed by atoms with van der Waals surface area (Å²) in [7, 11) is 1.23. The minimum atomic E-state index is -0.837. The van der Waals surface area contributed by atoms with Crippen molar-refractivity contribution in [1.29, 1.82) is 0 Å². The van der Waals surface area contributed by atoms with Gasteiger partial charge in [-0.1, -0.05) is 17.7 Å². The minimum Gasteiger partial charge on any atom is -0.467 e. The molecule has 0 heterocycles. The largest absolute Gasteiger partial charge is 0.467 e. The number of halogens is 2. The molecule has 0 aromatic heterocycles. The molecule has 1 amide bonds. The first kappa shape index (κ1) is 17.8. The second kappa shape index (κ2) is 8.26. The monoisotopic (exact) mass is 311 g/mol. The van der Waals surface area contributed by atoms with Gasteiger partial charge < -0.3 is 10.1 Å². The molecule has 1 N–H and O–H groups in total. The summed E-state index contributed by atoms with van der Waals surface area (Å²) >= 11 is 0. The van der Waals surface area contributed by atoms with E-state index in [0.29, 0.717) is 6.07 Å². The fourth-order valence-electron chi connectivity index (χ4n) is 1.79. The Hall–Kier alpha value is -2.24. The minimum absolute atomic E-state index is 0.0599. The first-order valence-corrected chi connectivity index (χ1v) is 6.78. The topological polar surface area (TPSA) is 55.4 Å². The zero-order valence-electron chi connectivity index (χ0n) is 12.8. The van der Waals surface area contributed by atoms with Gasteiger partial charge >= 0.3 is 5.97 Å². The van der Waals surface area contributed by atoms with Crippen molar-refractivity contribution in [2.45, 2.75) is 32.7 Å². The third-order valence-electron chi connectivity index (χ3n) is 2.95. The average Bonchev–Trinajstić information content (AvgIpc) is 2.45. The van der Waals surface area contributed by atoms with E-state index in [4.69, 9.17) is 0 Å². The lowest BCUT2D eigenvalue weighted by atomic mass is 10.1. The van der Waals surface area contributed by atoms with Crippen LogP contribution in [0.2, 0.25) is 0 Å². The molecule has 0 aliphatic carbocycles. The normalized spacial score (nSPS) is 11.5. The number of rotatable bonds is 6. The van der Waals surface area contributed by atoms with Crippen molar-refractivity contribution in [1.82, 2.24) is 5.32 Å². The van der Waals surface area contributed by atoms with Crippen LogP contribution < -0.4 is 5.32 Å². The number of methoxy groups -OCH3 is 1. The number of carbonyl (C=O) groups is 2. The molecule has 0 fully saturated rings. The summed E-state index contributed by atoms with van der Waals surface area (Å²) in [4.78, 5) is 23.6. The van der Waals surface area contributed by atoms with Crippen LogP contribution in [0, 0.1) is 11.6 Å². The predicted molar refractivity (Wildman–Crippen MR) is 78.1 cm³/mol. The van der Waals surface area contributed by atoms with E-state index in [-0.39, 0.29) is 18.4 Å². The van der Waals surface area contributed by atoms with Gasteiger partial charge in [0.15, 0.2) is 0 Å². The number of hydrogen-bond acceptors (Lipinski definition) is 3. The maximum Gasteiger partial charge on any atom is 0.328 e. The Morgan fingerprint density at radius 3 is 2.55 bits per heavy atom. The smallest absolute Gasteiger partial charge is 0.328 e. The number of benzene rings is 1. The van der Waals surface area contributed by atoms with Crippen LogP contribution in [-0.2, 0) is 20.7 Å². The fourth-order valence-corrected chi connectivity index (χ4v) is 1.79. The number of allylic oxidation sites excluding steroid dienone is 1. The van der Waals surface area contributed by atoms with Crippen LogP contribution in [0.25, 0.3) is 0 Å². The van der Waals surface area contributed by atoms with E-state index < -0.39 is 29.6 Å². The van der Waals surface area contributed by atoms with Crippen LogP contribution in [-0.4, -0.2) is 25.0 Å². The standard InChI is InChI=1S/C16H19F2NO3/c1-10(2)4-7-14(16(21)22-3)19-15(20)8-11-5-6-12(17)9-13(11)18/h4-6,9,14H,7-8H2,1-3H3,(H,19,20)/t14-/m0/s1.